The zero-order valence-electron chi connectivity index (χ0n) is 14.7. The van der Waals surface area contributed by atoms with Gasteiger partial charge >= 0.3 is 0 Å². The lowest BCUT2D eigenvalue weighted by Crippen LogP contribution is -2.27. The number of aromatic amines is 1. The molecule has 8 heteroatoms. The number of carbonyl (C=O) groups excluding carboxylic acids is 1. The van der Waals surface area contributed by atoms with E-state index in [1.807, 2.05) is 44.2 Å². The maximum absolute atomic E-state index is 12.1. The number of thioether (sulfide) groups is 1. The highest BCUT2D eigenvalue weighted by Gasteiger charge is 2.15. The van der Waals surface area contributed by atoms with Gasteiger partial charge in [0.2, 0.25) is 11.7 Å². The number of fused-ring (bicyclic) bond motifs is 1. The Balaban J connectivity index is 1.61. The van der Waals surface area contributed by atoms with Crippen molar-refractivity contribution in [1.29, 1.82) is 0 Å². The number of aromatic nitrogens is 4. The first-order chi connectivity index (χ1) is 12.5. The minimum Gasteiger partial charge on any atom is -0.355 e. The van der Waals surface area contributed by atoms with Crippen LogP contribution in [0.1, 0.15) is 31.0 Å². The summed E-state index contributed by atoms with van der Waals surface area (Å²) < 4.78 is 1.80. The van der Waals surface area contributed by atoms with E-state index in [4.69, 9.17) is 0 Å². The third-order valence-corrected chi connectivity index (χ3v) is 4.84. The quantitative estimate of drug-likeness (QED) is 0.620. The van der Waals surface area contributed by atoms with Gasteiger partial charge in [0.1, 0.15) is 0 Å². The molecule has 0 aliphatic heterocycles. The molecule has 26 heavy (non-hydrogen) atoms. The normalized spacial score (nSPS) is 11.2. The van der Waals surface area contributed by atoms with Crippen LogP contribution in [-0.2, 0) is 11.2 Å². The third-order valence-electron chi connectivity index (χ3n) is 3.91. The fourth-order valence-corrected chi connectivity index (χ4v) is 3.40. The standard InChI is InChI=1S/C18H21N5O2S/c1-12(2)14-10-15(24)20-17-21-22-18(23(14)17)26-11-16(25)19-9-8-13-6-4-3-5-7-13/h3-7,10,12H,8-9,11H2,1-2H3,(H,19,25)(H,20,21,24). The molecule has 2 N–H and O–H groups in total. The average molecular weight is 371 g/mol. The van der Waals surface area contributed by atoms with E-state index in [2.05, 4.69) is 20.5 Å². The Morgan fingerprint density at radius 2 is 2.04 bits per heavy atom. The highest BCUT2D eigenvalue weighted by molar-refractivity contribution is 7.99. The predicted octanol–water partition coefficient (Wildman–Crippen LogP) is 1.99. The fourth-order valence-electron chi connectivity index (χ4n) is 2.62. The smallest absolute Gasteiger partial charge is 0.252 e. The van der Waals surface area contributed by atoms with E-state index in [1.165, 1.54) is 17.3 Å². The van der Waals surface area contributed by atoms with Crippen LogP contribution < -0.4 is 10.9 Å². The Labute approximate surface area is 155 Å². The van der Waals surface area contributed by atoms with Crippen molar-refractivity contribution in [2.24, 2.45) is 0 Å². The van der Waals surface area contributed by atoms with E-state index < -0.39 is 0 Å². The Morgan fingerprint density at radius 1 is 1.27 bits per heavy atom. The number of amides is 1. The third kappa shape index (κ3) is 4.32. The first kappa shape index (κ1) is 18.2. The van der Waals surface area contributed by atoms with E-state index in [0.717, 1.165) is 12.1 Å². The van der Waals surface area contributed by atoms with Gasteiger partial charge in [0, 0.05) is 18.3 Å². The van der Waals surface area contributed by atoms with Crippen molar-refractivity contribution in [3.63, 3.8) is 0 Å². The summed E-state index contributed by atoms with van der Waals surface area (Å²) >= 11 is 1.30. The van der Waals surface area contributed by atoms with E-state index in [-0.39, 0.29) is 23.1 Å². The van der Waals surface area contributed by atoms with Crippen LogP contribution in [0.15, 0.2) is 46.3 Å². The second-order valence-corrected chi connectivity index (χ2v) is 7.17. The van der Waals surface area contributed by atoms with Crippen molar-refractivity contribution in [2.45, 2.75) is 31.3 Å². The van der Waals surface area contributed by atoms with Crippen molar-refractivity contribution >= 4 is 23.4 Å². The van der Waals surface area contributed by atoms with Crippen LogP contribution in [0.25, 0.3) is 5.78 Å². The van der Waals surface area contributed by atoms with Crippen LogP contribution in [0.2, 0.25) is 0 Å². The molecule has 0 fully saturated rings. The van der Waals surface area contributed by atoms with Crippen LogP contribution in [0.4, 0.5) is 0 Å². The topological polar surface area (TPSA) is 92.2 Å². The molecule has 3 aromatic rings. The number of hydrogen-bond donors (Lipinski definition) is 2. The summed E-state index contributed by atoms with van der Waals surface area (Å²) in [5, 5.41) is 11.6. The molecule has 0 saturated heterocycles. The van der Waals surface area contributed by atoms with Gasteiger partial charge in [0.05, 0.1) is 5.75 Å². The molecule has 0 aliphatic carbocycles. The predicted molar refractivity (Wildman–Crippen MR) is 102 cm³/mol. The Kier molecular flexibility index (Phi) is 5.72. The Morgan fingerprint density at radius 3 is 2.77 bits per heavy atom. The first-order valence-electron chi connectivity index (χ1n) is 8.46. The van der Waals surface area contributed by atoms with Gasteiger partial charge in [-0.05, 0) is 17.9 Å². The summed E-state index contributed by atoms with van der Waals surface area (Å²) in [6.45, 7) is 4.59. The van der Waals surface area contributed by atoms with Gasteiger partial charge in [0.15, 0.2) is 5.16 Å². The summed E-state index contributed by atoms with van der Waals surface area (Å²) in [5.41, 5.74) is 1.80. The summed E-state index contributed by atoms with van der Waals surface area (Å²) in [6.07, 6.45) is 0.795. The molecule has 0 spiro atoms. The summed E-state index contributed by atoms with van der Waals surface area (Å²) in [6, 6.07) is 11.6. The second-order valence-electron chi connectivity index (χ2n) is 6.23. The number of rotatable bonds is 7. The minimum atomic E-state index is -0.205. The highest BCUT2D eigenvalue weighted by Crippen LogP contribution is 2.21. The molecule has 3 rings (SSSR count). The molecular weight excluding hydrogens is 350 g/mol. The van der Waals surface area contributed by atoms with Crippen LogP contribution in [0.3, 0.4) is 0 Å². The van der Waals surface area contributed by atoms with Crippen molar-refractivity contribution in [2.75, 3.05) is 12.3 Å². The van der Waals surface area contributed by atoms with E-state index in [9.17, 15) is 9.59 Å². The molecular formula is C18H21N5O2S. The van der Waals surface area contributed by atoms with E-state index in [1.54, 1.807) is 10.5 Å². The molecule has 1 amide bonds. The van der Waals surface area contributed by atoms with Crippen molar-refractivity contribution in [3.05, 3.63) is 58.0 Å². The molecule has 0 radical (unpaired) electrons. The van der Waals surface area contributed by atoms with E-state index >= 15 is 0 Å². The van der Waals surface area contributed by atoms with Gasteiger partial charge in [0.25, 0.3) is 5.56 Å². The molecule has 0 saturated carbocycles. The average Bonchev–Trinajstić information content (AvgIpc) is 3.02. The fraction of sp³-hybridized carbons (Fsp3) is 0.333. The molecule has 0 atom stereocenters. The Hall–Kier alpha value is -2.61. The van der Waals surface area contributed by atoms with Gasteiger partial charge in [-0.2, -0.15) is 0 Å². The second kappa shape index (κ2) is 8.18. The molecule has 2 aromatic heterocycles. The SMILES string of the molecule is CC(C)c1cc(=O)[nH]c2nnc(SCC(=O)NCCc3ccccc3)n12. The molecule has 7 nitrogen and oxygen atoms in total. The maximum Gasteiger partial charge on any atom is 0.252 e. The number of nitrogens with one attached hydrogen (secondary N) is 2. The summed E-state index contributed by atoms with van der Waals surface area (Å²) in [4.78, 5) is 26.5. The van der Waals surface area contributed by atoms with Crippen molar-refractivity contribution in [3.8, 4) is 0 Å². The van der Waals surface area contributed by atoms with Crippen molar-refractivity contribution < 1.29 is 4.79 Å². The lowest BCUT2D eigenvalue weighted by Gasteiger charge is -2.09. The van der Waals surface area contributed by atoms with E-state index in [0.29, 0.717) is 17.5 Å². The molecule has 1 aromatic carbocycles. The largest absolute Gasteiger partial charge is 0.355 e. The van der Waals surface area contributed by atoms with Gasteiger partial charge in [-0.1, -0.05) is 55.9 Å². The van der Waals surface area contributed by atoms with Crippen molar-refractivity contribution in [1.82, 2.24) is 24.9 Å². The van der Waals surface area contributed by atoms with Gasteiger partial charge in [-0.3, -0.25) is 19.0 Å². The summed E-state index contributed by atoms with van der Waals surface area (Å²) in [7, 11) is 0. The lowest BCUT2D eigenvalue weighted by atomic mass is 10.1. The monoisotopic (exact) mass is 371 g/mol. The lowest BCUT2D eigenvalue weighted by molar-refractivity contribution is -0.118. The maximum atomic E-state index is 12.1. The highest BCUT2D eigenvalue weighted by atomic mass is 32.2. The number of benzene rings is 1. The zero-order chi connectivity index (χ0) is 18.5. The number of nitrogens with zero attached hydrogens (tertiary/aromatic N) is 3. The van der Waals surface area contributed by atoms with Gasteiger partial charge in [-0.25, -0.2) is 0 Å². The molecule has 0 bridgehead atoms. The number of H-pyrrole nitrogens is 1. The Bertz CT molecular complexity index is 949. The van der Waals surface area contributed by atoms with Gasteiger partial charge in [-0.15, -0.1) is 10.2 Å². The van der Waals surface area contributed by atoms with Crippen LogP contribution >= 0.6 is 11.8 Å². The zero-order valence-corrected chi connectivity index (χ0v) is 15.5. The number of hydrogen-bond acceptors (Lipinski definition) is 5. The summed E-state index contributed by atoms with van der Waals surface area (Å²) in [5.74, 6) is 0.716. The molecule has 136 valence electrons. The molecule has 0 unspecified atom stereocenters. The first-order valence-corrected chi connectivity index (χ1v) is 9.45. The number of carbonyl (C=O) groups is 1. The van der Waals surface area contributed by atoms with Crippen LogP contribution in [0.5, 0.6) is 0 Å². The minimum absolute atomic E-state index is 0.0572. The van der Waals surface area contributed by atoms with Gasteiger partial charge < -0.3 is 5.32 Å². The van der Waals surface area contributed by atoms with Crippen LogP contribution in [-0.4, -0.2) is 37.8 Å². The molecule has 2 heterocycles. The van der Waals surface area contributed by atoms with Crippen LogP contribution in [0, 0.1) is 0 Å². The molecule has 0 aliphatic rings.